The van der Waals surface area contributed by atoms with Gasteiger partial charge >= 0.3 is 0 Å². The van der Waals surface area contributed by atoms with E-state index in [1.807, 2.05) is 25.7 Å². The van der Waals surface area contributed by atoms with Crippen LogP contribution in [0.2, 0.25) is 0 Å². The lowest BCUT2D eigenvalue weighted by Gasteiger charge is -2.34. The third kappa shape index (κ3) is 2.09. The van der Waals surface area contributed by atoms with E-state index < -0.39 is 6.04 Å². The molecule has 3 aliphatic rings. The van der Waals surface area contributed by atoms with Crippen molar-refractivity contribution < 1.29 is 9.59 Å². The highest BCUT2D eigenvalue weighted by Gasteiger charge is 2.72. The van der Waals surface area contributed by atoms with Crippen LogP contribution >= 0.6 is 0 Å². The van der Waals surface area contributed by atoms with Crippen LogP contribution in [0.5, 0.6) is 0 Å². The molecule has 1 N–H and O–H groups in total. The van der Waals surface area contributed by atoms with Crippen molar-refractivity contribution >= 4 is 12.3 Å². The summed E-state index contributed by atoms with van der Waals surface area (Å²) < 4.78 is 0. The first kappa shape index (κ1) is 14.9. The van der Waals surface area contributed by atoms with Crippen LogP contribution in [0.4, 0.5) is 0 Å². The fraction of sp³-hybridized carbons (Fsp3) is 0.882. The van der Waals surface area contributed by atoms with E-state index in [9.17, 15) is 9.59 Å². The van der Waals surface area contributed by atoms with Gasteiger partial charge in [-0.3, -0.25) is 9.59 Å². The van der Waals surface area contributed by atoms with Gasteiger partial charge in [0.25, 0.3) is 0 Å². The quantitative estimate of drug-likeness (QED) is 0.812. The molecule has 0 aromatic carbocycles. The van der Waals surface area contributed by atoms with Gasteiger partial charge in [-0.2, -0.15) is 0 Å². The third-order valence-electron chi connectivity index (χ3n) is 6.31. The summed E-state index contributed by atoms with van der Waals surface area (Å²) in [5, 5.41) is 2.74. The number of fused-ring (bicyclic) bond motifs is 1. The molecule has 0 aromatic rings. The fourth-order valence-electron chi connectivity index (χ4n) is 4.87. The zero-order valence-electron chi connectivity index (χ0n) is 13.7. The highest BCUT2D eigenvalue weighted by molar-refractivity contribution is 5.85. The first-order chi connectivity index (χ1) is 9.75. The number of nitrogens with zero attached hydrogens (tertiary/aromatic N) is 1. The Morgan fingerprint density at radius 1 is 1.33 bits per heavy atom. The van der Waals surface area contributed by atoms with Crippen LogP contribution in [0.25, 0.3) is 0 Å². The van der Waals surface area contributed by atoms with Gasteiger partial charge < -0.3 is 10.2 Å². The highest BCUT2D eigenvalue weighted by atomic mass is 16.2. The van der Waals surface area contributed by atoms with E-state index in [2.05, 4.69) is 12.2 Å². The summed E-state index contributed by atoms with van der Waals surface area (Å²) in [6.45, 7) is 9.09. The second kappa shape index (κ2) is 4.47. The van der Waals surface area contributed by atoms with Gasteiger partial charge in [-0.25, -0.2) is 0 Å². The van der Waals surface area contributed by atoms with Crippen LogP contribution in [0.1, 0.15) is 59.8 Å². The summed E-state index contributed by atoms with van der Waals surface area (Å²) >= 11 is 0. The Hall–Kier alpha value is -1.06. The highest BCUT2D eigenvalue weighted by Crippen LogP contribution is 2.77. The molecule has 2 amide bonds. The summed E-state index contributed by atoms with van der Waals surface area (Å²) in [5.74, 6) is 0.0975. The Morgan fingerprint density at radius 2 is 2.00 bits per heavy atom. The molecule has 0 aromatic heterocycles. The number of carbonyl (C=O) groups excluding carboxylic acids is 2. The number of nitrogens with one attached hydrogen (secondary N) is 1. The molecule has 0 radical (unpaired) electrons. The normalized spacial score (nSPS) is 34.7. The summed E-state index contributed by atoms with van der Waals surface area (Å²) in [7, 11) is 0. The molecule has 3 atom stereocenters. The number of likely N-dealkylation sites (tertiary alicyclic amines) is 1. The predicted octanol–water partition coefficient (Wildman–Crippen LogP) is 2.33. The maximum atomic E-state index is 12.9. The molecule has 3 fully saturated rings. The first-order valence-corrected chi connectivity index (χ1v) is 8.25. The molecule has 0 bridgehead atoms. The van der Waals surface area contributed by atoms with Crippen LogP contribution in [0.15, 0.2) is 0 Å². The van der Waals surface area contributed by atoms with E-state index in [0.717, 1.165) is 13.0 Å². The van der Waals surface area contributed by atoms with Gasteiger partial charge in [0.2, 0.25) is 12.3 Å². The lowest BCUT2D eigenvalue weighted by Crippen LogP contribution is -2.53. The molecule has 1 saturated heterocycles. The van der Waals surface area contributed by atoms with Gasteiger partial charge in [0.05, 0.1) is 0 Å². The van der Waals surface area contributed by atoms with Gasteiger partial charge in [0.15, 0.2) is 0 Å². The second-order valence-electron chi connectivity index (χ2n) is 8.69. The maximum Gasteiger partial charge on any atom is 0.245 e. The van der Waals surface area contributed by atoms with Crippen LogP contribution < -0.4 is 5.32 Å². The average Bonchev–Trinajstić information content (AvgIpc) is 2.87. The molecule has 1 heterocycles. The largest absolute Gasteiger partial charge is 0.346 e. The van der Waals surface area contributed by atoms with Crippen molar-refractivity contribution in [2.24, 2.45) is 16.2 Å². The molecule has 3 rings (SSSR count). The molecule has 4 nitrogen and oxygen atoms in total. The lowest BCUT2D eigenvalue weighted by atomic mass is 9.74. The monoisotopic (exact) mass is 292 g/mol. The van der Waals surface area contributed by atoms with E-state index in [1.54, 1.807) is 0 Å². The fourth-order valence-corrected chi connectivity index (χ4v) is 4.87. The van der Waals surface area contributed by atoms with Crippen molar-refractivity contribution in [1.29, 1.82) is 0 Å². The van der Waals surface area contributed by atoms with E-state index in [1.165, 1.54) is 25.7 Å². The van der Waals surface area contributed by atoms with Crippen molar-refractivity contribution in [3.05, 3.63) is 0 Å². The van der Waals surface area contributed by atoms with Crippen molar-refractivity contribution in [2.45, 2.75) is 71.9 Å². The minimum Gasteiger partial charge on any atom is -0.346 e. The minimum atomic E-state index is -0.427. The van der Waals surface area contributed by atoms with Crippen LogP contribution in [-0.2, 0) is 9.59 Å². The second-order valence-corrected chi connectivity index (χ2v) is 8.69. The van der Waals surface area contributed by atoms with Gasteiger partial charge in [-0.15, -0.1) is 0 Å². The standard InChI is InChI=1S/C17H28N2O2/c1-12-8-17(9-16(17)6-5-7-16)10-19(12)14(21)13(18-11-20)15(2,3)4/h11-13H,5-10H2,1-4H3,(H,18,20)/t12?,13?,17-/m0/s1. The molecular formula is C17H28N2O2. The van der Waals surface area contributed by atoms with Crippen LogP contribution in [0.3, 0.4) is 0 Å². The maximum absolute atomic E-state index is 12.9. The molecule has 1 aliphatic heterocycles. The number of carbonyl (C=O) groups is 2. The Kier molecular flexibility index (Phi) is 3.16. The first-order valence-electron chi connectivity index (χ1n) is 8.25. The Balaban J connectivity index is 1.74. The number of hydrogen-bond donors (Lipinski definition) is 1. The Labute approximate surface area is 127 Å². The minimum absolute atomic E-state index is 0.0975. The number of rotatable bonds is 3. The Bertz CT molecular complexity index is 464. The molecule has 118 valence electrons. The Morgan fingerprint density at radius 3 is 2.43 bits per heavy atom. The molecule has 2 unspecified atom stereocenters. The summed E-state index contributed by atoms with van der Waals surface area (Å²) in [5.41, 5.74) is 0.723. The average molecular weight is 292 g/mol. The summed E-state index contributed by atoms with van der Waals surface area (Å²) in [6.07, 6.45) is 7.20. The lowest BCUT2D eigenvalue weighted by molar-refractivity contribution is -0.138. The van der Waals surface area contributed by atoms with E-state index in [-0.39, 0.29) is 11.3 Å². The topological polar surface area (TPSA) is 49.4 Å². The van der Waals surface area contributed by atoms with E-state index in [4.69, 9.17) is 0 Å². The van der Waals surface area contributed by atoms with Gasteiger partial charge in [0.1, 0.15) is 6.04 Å². The van der Waals surface area contributed by atoms with Crippen LogP contribution in [-0.4, -0.2) is 35.8 Å². The summed E-state index contributed by atoms with van der Waals surface area (Å²) in [6, 6.07) is -0.125. The van der Waals surface area contributed by atoms with Gasteiger partial charge in [0, 0.05) is 12.6 Å². The zero-order chi connectivity index (χ0) is 15.5. The number of amides is 2. The molecule has 2 spiro atoms. The SMILES string of the molecule is CC1C[C@@]2(CN1C(=O)C(NC=O)C(C)(C)C)CC21CCC1. The molecule has 21 heavy (non-hydrogen) atoms. The summed E-state index contributed by atoms with van der Waals surface area (Å²) in [4.78, 5) is 25.9. The van der Waals surface area contributed by atoms with Crippen molar-refractivity contribution in [1.82, 2.24) is 10.2 Å². The predicted molar refractivity (Wildman–Crippen MR) is 81.6 cm³/mol. The third-order valence-corrected chi connectivity index (χ3v) is 6.31. The zero-order valence-corrected chi connectivity index (χ0v) is 13.7. The molecule has 4 heteroatoms. The molecule has 2 aliphatic carbocycles. The van der Waals surface area contributed by atoms with Crippen molar-refractivity contribution in [3.8, 4) is 0 Å². The van der Waals surface area contributed by atoms with Crippen molar-refractivity contribution in [2.75, 3.05) is 6.54 Å². The van der Waals surface area contributed by atoms with Crippen LogP contribution in [0, 0.1) is 16.2 Å². The smallest absolute Gasteiger partial charge is 0.245 e. The van der Waals surface area contributed by atoms with E-state index >= 15 is 0 Å². The van der Waals surface area contributed by atoms with Gasteiger partial charge in [-0.05, 0) is 48.9 Å². The molecular weight excluding hydrogens is 264 g/mol. The van der Waals surface area contributed by atoms with E-state index in [0.29, 0.717) is 23.3 Å². The van der Waals surface area contributed by atoms with Crippen molar-refractivity contribution in [3.63, 3.8) is 0 Å². The molecule has 2 saturated carbocycles. The van der Waals surface area contributed by atoms with Gasteiger partial charge in [-0.1, -0.05) is 27.2 Å². The number of hydrogen-bond acceptors (Lipinski definition) is 2.